The van der Waals surface area contributed by atoms with E-state index in [1.165, 1.54) is 32.4 Å². The highest BCUT2D eigenvalue weighted by Crippen LogP contribution is 2.20. The lowest BCUT2D eigenvalue weighted by Gasteiger charge is -2.39. The summed E-state index contributed by atoms with van der Waals surface area (Å²) in [4.78, 5) is 14.8. The molecule has 2 aliphatic rings. The van der Waals surface area contributed by atoms with Gasteiger partial charge in [0.2, 0.25) is 0 Å². The van der Waals surface area contributed by atoms with Crippen LogP contribution in [0, 0.1) is 0 Å². The Morgan fingerprint density at radius 2 is 1.60 bits per heavy atom. The van der Waals surface area contributed by atoms with Gasteiger partial charge in [0.25, 0.3) is 0 Å². The van der Waals surface area contributed by atoms with Gasteiger partial charge in [0.1, 0.15) is 0 Å². The fourth-order valence-corrected chi connectivity index (χ4v) is 2.71. The molecule has 1 amide bonds. The molecule has 1 N–H and O–H groups in total. The summed E-state index contributed by atoms with van der Waals surface area (Å²) in [6.07, 6.45) is 5.29. The molecular weight excluding hydrogens is 192 g/mol. The van der Waals surface area contributed by atoms with E-state index in [2.05, 4.69) is 4.90 Å². The molecule has 0 aromatic heterocycles. The van der Waals surface area contributed by atoms with E-state index in [9.17, 15) is 4.79 Å². The predicted octanol–water partition coefficient (Wildman–Crippen LogP) is 1.61. The quantitative estimate of drug-likeness (QED) is 0.718. The molecule has 15 heavy (non-hydrogen) atoms. The number of rotatable bonds is 1. The standard InChI is InChI=1S/C11H20N2O2/c14-11(15)13-8-4-10(5-9-13)12-6-2-1-3-7-12/h10H,1-9H2,(H,14,15). The van der Waals surface area contributed by atoms with Crippen LogP contribution in [0.25, 0.3) is 0 Å². The van der Waals surface area contributed by atoms with E-state index >= 15 is 0 Å². The van der Waals surface area contributed by atoms with E-state index < -0.39 is 6.09 Å². The lowest BCUT2D eigenvalue weighted by molar-refractivity contribution is 0.0849. The maximum atomic E-state index is 10.7. The second-order valence-electron chi connectivity index (χ2n) is 4.60. The molecule has 0 bridgehead atoms. The van der Waals surface area contributed by atoms with E-state index in [4.69, 9.17) is 5.11 Å². The van der Waals surface area contributed by atoms with Gasteiger partial charge in [0, 0.05) is 19.1 Å². The first kappa shape index (κ1) is 10.7. The molecule has 2 aliphatic heterocycles. The first-order chi connectivity index (χ1) is 7.27. The summed E-state index contributed by atoms with van der Waals surface area (Å²) in [5, 5.41) is 8.85. The fraction of sp³-hybridized carbons (Fsp3) is 0.909. The minimum absolute atomic E-state index is 0.640. The second-order valence-corrected chi connectivity index (χ2v) is 4.60. The molecule has 0 aromatic rings. The zero-order valence-corrected chi connectivity index (χ0v) is 9.19. The SMILES string of the molecule is O=C(O)N1CCC(N2CCCCC2)CC1. The Morgan fingerprint density at radius 3 is 2.13 bits per heavy atom. The summed E-state index contributed by atoms with van der Waals surface area (Å²) in [5.41, 5.74) is 0. The number of likely N-dealkylation sites (tertiary alicyclic amines) is 2. The molecule has 86 valence electrons. The van der Waals surface area contributed by atoms with Crippen LogP contribution >= 0.6 is 0 Å². The van der Waals surface area contributed by atoms with E-state index in [-0.39, 0.29) is 0 Å². The van der Waals surface area contributed by atoms with Crippen LogP contribution in [0.2, 0.25) is 0 Å². The average Bonchev–Trinajstić information content (AvgIpc) is 2.30. The molecule has 0 atom stereocenters. The Bertz CT molecular complexity index is 219. The maximum absolute atomic E-state index is 10.7. The van der Waals surface area contributed by atoms with Gasteiger partial charge < -0.3 is 14.9 Å². The van der Waals surface area contributed by atoms with Crippen molar-refractivity contribution in [1.82, 2.24) is 9.80 Å². The fourth-order valence-electron chi connectivity index (χ4n) is 2.71. The minimum atomic E-state index is -0.757. The number of carbonyl (C=O) groups is 1. The molecular formula is C11H20N2O2. The van der Waals surface area contributed by atoms with Crippen molar-refractivity contribution in [2.24, 2.45) is 0 Å². The monoisotopic (exact) mass is 212 g/mol. The average molecular weight is 212 g/mol. The normalized spacial score (nSPS) is 25.5. The molecule has 2 saturated heterocycles. The van der Waals surface area contributed by atoms with E-state index in [1.54, 1.807) is 4.90 Å². The molecule has 2 fully saturated rings. The van der Waals surface area contributed by atoms with E-state index in [0.717, 1.165) is 25.9 Å². The lowest BCUT2D eigenvalue weighted by Crippen LogP contribution is -2.47. The third kappa shape index (κ3) is 2.62. The maximum Gasteiger partial charge on any atom is 0.407 e. The topological polar surface area (TPSA) is 43.8 Å². The largest absolute Gasteiger partial charge is 0.465 e. The van der Waals surface area contributed by atoms with Crippen molar-refractivity contribution < 1.29 is 9.90 Å². The zero-order valence-electron chi connectivity index (χ0n) is 9.19. The number of carboxylic acid groups (broad SMARTS) is 1. The first-order valence-corrected chi connectivity index (χ1v) is 5.99. The Balaban J connectivity index is 1.79. The van der Waals surface area contributed by atoms with Gasteiger partial charge in [-0.25, -0.2) is 4.79 Å². The molecule has 2 rings (SSSR count). The number of amides is 1. The van der Waals surface area contributed by atoms with Crippen LogP contribution in [0.3, 0.4) is 0 Å². The highest BCUT2D eigenvalue weighted by molar-refractivity contribution is 5.65. The van der Waals surface area contributed by atoms with Crippen LogP contribution in [-0.2, 0) is 0 Å². The first-order valence-electron chi connectivity index (χ1n) is 5.99. The van der Waals surface area contributed by atoms with E-state index in [1.807, 2.05) is 0 Å². The molecule has 0 radical (unpaired) electrons. The molecule has 0 saturated carbocycles. The van der Waals surface area contributed by atoms with Crippen molar-refractivity contribution in [3.05, 3.63) is 0 Å². The zero-order chi connectivity index (χ0) is 10.7. The number of hydrogen-bond acceptors (Lipinski definition) is 2. The molecule has 0 unspecified atom stereocenters. The minimum Gasteiger partial charge on any atom is -0.465 e. The summed E-state index contributed by atoms with van der Waals surface area (Å²) < 4.78 is 0. The van der Waals surface area contributed by atoms with Crippen molar-refractivity contribution in [1.29, 1.82) is 0 Å². The van der Waals surface area contributed by atoms with Crippen molar-refractivity contribution in [2.75, 3.05) is 26.2 Å². The van der Waals surface area contributed by atoms with Gasteiger partial charge in [-0.1, -0.05) is 6.42 Å². The molecule has 4 heteroatoms. The number of hydrogen-bond donors (Lipinski definition) is 1. The summed E-state index contributed by atoms with van der Waals surface area (Å²) >= 11 is 0. The van der Waals surface area contributed by atoms with Crippen molar-refractivity contribution in [3.63, 3.8) is 0 Å². The molecule has 0 spiro atoms. The second kappa shape index (κ2) is 4.84. The predicted molar refractivity (Wildman–Crippen MR) is 58.0 cm³/mol. The van der Waals surface area contributed by atoms with Gasteiger partial charge in [0.05, 0.1) is 0 Å². The van der Waals surface area contributed by atoms with Gasteiger partial charge in [-0.2, -0.15) is 0 Å². The summed E-state index contributed by atoms with van der Waals surface area (Å²) in [5.74, 6) is 0. The van der Waals surface area contributed by atoms with E-state index in [0.29, 0.717) is 6.04 Å². The lowest BCUT2D eigenvalue weighted by atomic mass is 10.0. The van der Waals surface area contributed by atoms with Crippen LogP contribution in [0.4, 0.5) is 4.79 Å². The molecule has 2 heterocycles. The van der Waals surface area contributed by atoms with Gasteiger partial charge in [-0.15, -0.1) is 0 Å². The Morgan fingerprint density at radius 1 is 1.00 bits per heavy atom. The van der Waals surface area contributed by atoms with Crippen LogP contribution in [0.1, 0.15) is 32.1 Å². The third-order valence-electron chi connectivity index (χ3n) is 3.64. The van der Waals surface area contributed by atoms with Crippen molar-refractivity contribution in [2.45, 2.75) is 38.1 Å². The van der Waals surface area contributed by atoms with Gasteiger partial charge in [-0.05, 0) is 38.8 Å². The van der Waals surface area contributed by atoms with Gasteiger partial charge in [0.15, 0.2) is 0 Å². The summed E-state index contributed by atoms with van der Waals surface area (Å²) in [6.45, 7) is 3.88. The van der Waals surface area contributed by atoms with Crippen LogP contribution in [0.5, 0.6) is 0 Å². The van der Waals surface area contributed by atoms with Gasteiger partial charge in [-0.3, -0.25) is 0 Å². The number of piperidine rings is 2. The summed E-state index contributed by atoms with van der Waals surface area (Å²) in [6, 6.07) is 0.640. The molecule has 0 aliphatic carbocycles. The summed E-state index contributed by atoms with van der Waals surface area (Å²) in [7, 11) is 0. The Kier molecular flexibility index (Phi) is 3.46. The third-order valence-corrected chi connectivity index (χ3v) is 3.64. The van der Waals surface area contributed by atoms with Gasteiger partial charge >= 0.3 is 6.09 Å². The van der Waals surface area contributed by atoms with Crippen LogP contribution in [-0.4, -0.2) is 53.2 Å². The Hall–Kier alpha value is -0.770. The smallest absolute Gasteiger partial charge is 0.407 e. The molecule has 0 aromatic carbocycles. The van der Waals surface area contributed by atoms with Crippen LogP contribution < -0.4 is 0 Å². The highest BCUT2D eigenvalue weighted by Gasteiger charge is 2.27. The number of nitrogens with zero attached hydrogens (tertiary/aromatic N) is 2. The van der Waals surface area contributed by atoms with Crippen molar-refractivity contribution >= 4 is 6.09 Å². The van der Waals surface area contributed by atoms with Crippen LogP contribution in [0.15, 0.2) is 0 Å². The Labute approximate surface area is 90.9 Å². The molecule has 4 nitrogen and oxygen atoms in total. The highest BCUT2D eigenvalue weighted by atomic mass is 16.4. The van der Waals surface area contributed by atoms with Crippen molar-refractivity contribution in [3.8, 4) is 0 Å².